The lowest BCUT2D eigenvalue weighted by Gasteiger charge is -2.05. The molecule has 6 heteroatoms. The number of hydrogen-bond donors (Lipinski definition) is 2. The molecule has 0 radical (unpaired) electrons. The molecule has 2 amide bonds. The van der Waals surface area contributed by atoms with Crippen LogP contribution in [-0.4, -0.2) is 24.9 Å². The fourth-order valence-electron chi connectivity index (χ4n) is 0.975. The van der Waals surface area contributed by atoms with Gasteiger partial charge in [-0.25, -0.2) is 0 Å². The molecule has 2 N–H and O–H groups in total. The van der Waals surface area contributed by atoms with Gasteiger partial charge in [-0.15, -0.1) is 0 Å². The van der Waals surface area contributed by atoms with Crippen molar-refractivity contribution in [2.24, 2.45) is 0 Å². The van der Waals surface area contributed by atoms with Gasteiger partial charge >= 0.3 is 0 Å². The summed E-state index contributed by atoms with van der Waals surface area (Å²) < 4.78 is 1.44. The van der Waals surface area contributed by atoms with Gasteiger partial charge in [0, 0.05) is 34.9 Å². The van der Waals surface area contributed by atoms with E-state index in [0.29, 0.717) is 32.4 Å². The minimum atomic E-state index is -0.0803. The van der Waals surface area contributed by atoms with Crippen molar-refractivity contribution in [1.29, 1.82) is 0 Å². The van der Waals surface area contributed by atoms with E-state index < -0.39 is 0 Å². The van der Waals surface area contributed by atoms with Crippen LogP contribution in [0.3, 0.4) is 0 Å². The second-order valence-corrected chi connectivity index (χ2v) is 5.68. The highest BCUT2D eigenvalue weighted by atomic mass is 79.9. The molecule has 96 valence electrons. The molecule has 0 atom stereocenters. The van der Waals surface area contributed by atoms with Crippen LogP contribution in [-0.2, 0) is 9.59 Å². The van der Waals surface area contributed by atoms with E-state index in [1.54, 1.807) is 0 Å². The van der Waals surface area contributed by atoms with Crippen molar-refractivity contribution in [3.8, 4) is 0 Å². The van der Waals surface area contributed by atoms with Crippen molar-refractivity contribution < 1.29 is 9.59 Å². The van der Waals surface area contributed by atoms with Crippen LogP contribution in [0.1, 0.15) is 19.3 Å². The number of hydrogen-bond acceptors (Lipinski definition) is 2. The molecule has 0 fully saturated rings. The van der Waals surface area contributed by atoms with E-state index in [2.05, 4.69) is 55.7 Å². The molecule has 0 aromatic rings. The number of amides is 2. The van der Waals surface area contributed by atoms with E-state index >= 15 is 0 Å². The Labute approximate surface area is 118 Å². The molecule has 0 bridgehead atoms. The lowest BCUT2D eigenvalue weighted by atomic mass is 10.2. The molecule has 0 saturated heterocycles. The standard InChI is InChI=1S/C11H16Br2N2O2/c1-8(12)6-14-10(16)4-3-5-11(17)15-7-9(2)13/h1-7H2,(H,14,16)(H,15,17). The molecule has 0 aliphatic rings. The van der Waals surface area contributed by atoms with Crippen molar-refractivity contribution >= 4 is 43.7 Å². The average molecular weight is 368 g/mol. The molecular weight excluding hydrogens is 352 g/mol. The van der Waals surface area contributed by atoms with E-state index in [-0.39, 0.29) is 11.8 Å². The molecule has 0 rings (SSSR count). The van der Waals surface area contributed by atoms with Crippen molar-refractivity contribution in [1.82, 2.24) is 10.6 Å². The Morgan fingerprint density at radius 3 is 1.53 bits per heavy atom. The highest BCUT2D eigenvalue weighted by Gasteiger charge is 2.04. The summed E-state index contributed by atoms with van der Waals surface area (Å²) in [7, 11) is 0. The van der Waals surface area contributed by atoms with Gasteiger partial charge in [-0.05, 0) is 6.42 Å². The maximum Gasteiger partial charge on any atom is 0.220 e. The van der Waals surface area contributed by atoms with Crippen molar-refractivity contribution in [3.05, 3.63) is 22.1 Å². The number of halogens is 2. The number of carbonyl (C=O) groups is 2. The Kier molecular flexibility index (Phi) is 9.07. The molecule has 0 unspecified atom stereocenters. The highest BCUT2D eigenvalue weighted by Crippen LogP contribution is 2.00. The van der Waals surface area contributed by atoms with E-state index in [0.717, 1.165) is 8.96 Å². The Hall–Kier alpha value is -0.620. The SMILES string of the molecule is C=C(Br)CNC(=O)CCCC(=O)NCC(=C)Br. The third kappa shape index (κ3) is 11.6. The monoisotopic (exact) mass is 366 g/mol. The summed E-state index contributed by atoms with van der Waals surface area (Å²) in [5.74, 6) is -0.161. The summed E-state index contributed by atoms with van der Waals surface area (Å²) in [6, 6.07) is 0. The van der Waals surface area contributed by atoms with Crippen LogP contribution >= 0.6 is 31.9 Å². The first-order valence-corrected chi connectivity index (χ1v) is 6.70. The van der Waals surface area contributed by atoms with Crippen LogP contribution in [0, 0.1) is 0 Å². The predicted octanol–water partition coefficient (Wildman–Crippen LogP) is 2.21. The number of rotatable bonds is 8. The summed E-state index contributed by atoms with van der Waals surface area (Å²) in [6.45, 7) is 8.03. The molecular formula is C11H16Br2N2O2. The van der Waals surface area contributed by atoms with Crippen LogP contribution in [0.25, 0.3) is 0 Å². The normalized spacial score (nSPS) is 9.53. The maximum absolute atomic E-state index is 11.3. The van der Waals surface area contributed by atoms with Crippen LogP contribution in [0.15, 0.2) is 22.1 Å². The lowest BCUT2D eigenvalue weighted by molar-refractivity contribution is -0.122. The number of carbonyl (C=O) groups excluding carboxylic acids is 2. The summed E-state index contributed by atoms with van der Waals surface area (Å²) in [5.41, 5.74) is 0. The quantitative estimate of drug-likeness (QED) is 0.691. The Morgan fingerprint density at radius 2 is 1.24 bits per heavy atom. The first-order chi connectivity index (χ1) is 7.91. The van der Waals surface area contributed by atoms with Gasteiger partial charge in [0.15, 0.2) is 0 Å². The zero-order valence-electron chi connectivity index (χ0n) is 9.52. The third-order valence-electron chi connectivity index (χ3n) is 1.76. The Bertz CT molecular complexity index is 287. The van der Waals surface area contributed by atoms with Gasteiger partial charge in [-0.3, -0.25) is 9.59 Å². The van der Waals surface area contributed by atoms with Gasteiger partial charge in [0.25, 0.3) is 0 Å². The Morgan fingerprint density at radius 1 is 0.882 bits per heavy atom. The zero-order chi connectivity index (χ0) is 13.3. The van der Waals surface area contributed by atoms with Crippen molar-refractivity contribution in [3.63, 3.8) is 0 Å². The lowest BCUT2D eigenvalue weighted by Crippen LogP contribution is -2.26. The first kappa shape index (κ1) is 16.4. The van der Waals surface area contributed by atoms with E-state index in [1.807, 2.05) is 0 Å². The van der Waals surface area contributed by atoms with E-state index in [1.165, 1.54) is 0 Å². The summed E-state index contributed by atoms with van der Waals surface area (Å²) in [4.78, 5) is 22.5. The number of nitrogens with one attached hydrogen (secondary N) is 2. The molecule has 0 heterocycles. The summed E-state index contributed by atoms with van der Waals surface area (Å²) >= 11 is 6.28. The van der Waals surface area contributed by atoms with E-state index in [9.17, 15) is 9.59 Å². The first-order valence-electron chi connectivity index (χ1n) is 5.11. The topological polar surface area (TPSA) is 58.2 Å². The Balaban J connectivity index is 3.55. The molecule has 0 aliphatic carbocycles. The smallest absolute Gasteiger partial charge is 0.220 e. The molecule has 0 spiro atoms. The minimum Gasteiger partial charge on any atom is -0.352 e. The highest BCUT2D eigenvalue weighted by molar-refractivity contribution is 9.12. The molecule has 0 saturated carbocycles. The van der Waals surface area contributed by atoms with Gasteiger partial charge in [-0.1, -0.05) is 45.0 Å². The fourth-order valence-corrected chi connectivity index (χ4v) is 1.26. The van der Waals surface area contributed by atoms with Crippen molar-refractivity contribution in [2.75, 3.05) is 13.1 Å². The van der Waals surface area contributed by atoms with Crippen LogP contribution < -0.4 is 10.6 Å². The second-order valence-electron chi connectivity index (χ2n) is 3.44. The molecule has 17 heavy (non-hydrogen) atoms. The van der Waals surface area contributed by atoms with Gasteiger partial charge in [-0.2, -0.15) is 0 Å². The van der Waals surface area contributed by atoms with Gasteiger partial charge in [0.1, 0.15) is 0 Å². The van der Waals surface area contributed by atoms with Gasteiger partial charge in [0.2, 0.25) is 11.8 Å². The molecule has 0 aliphatic heterocycles. The van der Waals surface area contributed by atoms with Crippen LogP contribution in [0.2, 0.25) is 0 Å². The minimum absolute atomic E-state index is 0.0803. The van der Waals surface area contributed by atoms with Gasteiger partial charge < -0.3 is 10.6 Å². The molecule has 4 nitrogen and oxygen atoms in total. The van der Waals surface area contributed by atoms with Gasteiger partial charge in [0.05, 0.1) is 0 Å². The zero-order valence-corrected chi connectivity index (χ0v) is 12.7. The molecule has 0 aromatic carbocycles. The average Bonchev–Trinajstić information content (AvgIpc) is 2.23. The van der Waals surface area contributed by atoms with Crippen LogP contribution in [0.4, 0.5) is 0 Å². The largest absolute Gasteiger partial charge is 0.352 e. The summed E-state index contributed by atoms with van der Waals surface area (Å²) in [6.07, 6.45) is 1.20. The van der Waals surface area contributed by atoms with E-state index in [4.69, 9.17) is 0 Å². The van der Waals surface area contributed by atoms with Crippen LogP contribution in [0.5, 0.6) is 0 Å². The fraction of sp³-hybridized carbons (Fsp3) is 0.455. The second kappa shape index (κ2) is 9.41. The maximum atomic E-state index is 11.3. The van der Waals surface area contributed by atoms with Crippen molar-refractivity contribution in [2.45, 2.75) is 19.3 Å². The molecule has 0 aromatic heterocycles. The third-order valence-corrected chi connectivity index (χ3v) is 2.32. The predicted molar refractivity (Wildman–Crippen MR) is 76.0 cm³/mol. The summed E-state index contributed by atoms with van der Waals surface area (Å²) in [5, 5.41) is 5.33.